The molecule has 1 aliphatic carbocycles. The summed E-state index contributed by atoms with van der Waals surface area (Å²) in [5, 5.41) is 11.4. The number of fused-ring (bicyclic) bond motifs is 2. The number of non-ortho nitro benzene ring substituents is 1. The van der Waals surface area contributed by atoms with Gasteiger partial charge in [0, 0.05) is 37.0 Å². The van der Waals surface area contributed by atoms with E-state index in [0.717, 1.165) is 40.8 Å². The molecule has 29 heavy (non-hydrogen) atoms. The van der Waals surface area contributed by atoms with Crippen LogP contribution in [0.15, 0.2) is 42.1 Å². The minimum Gasteiger partial charge on any atom is -0.450 e. The van der Waals surface area contributed by atoms with Gasteiger partial charge in [0.15, 0.2) is 0 Å². The Kier molecular flexibility index (Phi) is 5.29. The molecule has 2 heterocycles. The number of nitro groups is 1. The molecular formula is C22H23N3O4. The fraction of sp³-hybridized carbons (Fsp3) is 0.364. The van der Waals surface area contributed by atoms with Gasteiger partial charge in [0.05, 0.1) is 17.2 Å². The number of ether oxygens (including phenoxy) is 1. The van der Waals surface area contributed by atoms with Crippen LogP contribution >= 0.6 is 0 Å². The lowest BCUT2D eigenvalue weighted by Gasteiger charge is -2.29. The molecule has 1 aromatic carbocycles. The maximum atomic E-state index is 12.1. The highest BCUT2D eigenvalue weighted by Gasteiger charge is 2.27. The topological polar surface area (TPSA) is 85.6 Å². The van der Waals surface area contributed by atoms with Gasteiger partial charge in [0.25, 0.3) is 5.69 Å². The van der Waals surface area contributed by atoms with Crippen molar-refractivity contribution in [1.29, 1.82) is 0 Å². The fourth-order valence-electron chi connectivity index (χ4n) is 4.17. The molecule has 1 amide bonds. The number of nitro benzene ring substituents is 1. The van der Waals surface area contributed by atoms with Gasteiger partial charge in [-0.3, -0.25) is 15.1 Å². The molecule has 1 saturated heterocycles. The molecule has 0 bridgehead atoms. The van der Waals surface area contributed by atoms with Crippen molar-refractivity contribution in [3.05, 3.63) is 74.6 Å². The second kappa shape index (κ2) is 8.03. The van der Waals surface area contributed by atoms with Gasteiger partial charge in [-0.05, 0) is 55.4 Å². The van der Waals surface area contributed by atoms with Crippen LogP contribution in [-0.2, 0) is 17.6 Å². The van der Waals surface area contributed by atoms with E-state index in [9.17, 15) is 14.9 Å². The molecule has 0 radical (unpaired) electrons. The van der Waals surface area contributed by atoms with Gasteiger partial charge in [-0.2, -0.15) is 0 Å². The summed E-state index contributed by atoms with van der Waals surface area (Å²) < 4.78 is 5.12. The van der Waals surface area contributed by atoms with Gasteiger partial charge >= 0.3 is 6.09 Å². The van der Waals surface area contributed by atoms with Gasteiger partial charge in [-0.15, -0.1) is 0 Å². The number of hydrogen-bond acceptors (Lipinski definition) is 5. The third kappa shape index (κ3) is 3.72. The summed E-state index contributed by atoms with van der Waals surface area (Å²) in [6.45, 7) is 3.30. The normalized spacial score (nSPS) is 16.0. The first-order chi connectivity index (χ1) is 14.1. The lowest BCUT2D eigenvalue weighted by atomic mass is 9.88. The third-order valence-electron chi connectivity index (χ3n) is 5.61. The number of pyridine rings is 1. The Bertz CT molecular complexity index is 989. The molecule has 0 N–H and O–H groups in total. The van der Waals surface area contributed by atoms with Crippen LogP contribution in [0, 0.1) is 10.1 Å². The smallest absolute Gasteiger partial charge is 0.409 e. The first-order valence-electron chi connectivity index (χ1n) is 9.94. The molecule has 0 spiro atoms. The number of hydrogen-bond donors (Lipinski definition) is 0. The average molecular weight is 393 g/mol. The van der Waals surface area contributed by atoms with Crippen LogP contribution in [0.5, 0.6) is 0 Å². The van der Waals surface area contributed by atoms with Crippen molar-refractivity contribution in [2.45, 2.75) is 32.6 Å². The predicted octanol–water partition coefficient (Wildman–Crippen LogP) is 4.14. The van der Waals surface area contributed by atoms with Crippen LogP contribution in [0.2, 0.25) is 0 Å². The van der Waals surface area contributed by atoms with Gasteiger partial charge < -0.3 is 9.64 Å². The molecule has 7 heteroatoms. The number of amides is 1. The first-order valence-corrected chi connectivity index (χ1v) is 9.94. The summed E-state index contributed by atoms with van der Waals surface area (Å²) in [5.74, 6) is 0. The minimum atomic E-state index is -0.351. The molecule has 7 nitrogen and oxygen atoms in total. The standard InChI is InChI=1S/C22H23N3O4/c1-2-29-22(26)24-12-9-16(10-13-24)20-19-14-18(25(27)28)8-7-15(19)5-6-17-4-3-11-23-21(17)20/h3-4,7-8,11,14H,2,5-6,9-10,12-13H2,1H3. The summed E-state index contributed by atoms with van der Waals surface area (Å²) >= 11 is 0. The predicted molar refractivity (Wildman–Crippen MR) is 109 cm³/mol. The maximum Gasteiger partial charge on any atom is 0.409 e. The van der Waals surface area contributed by atoms with E-state index >= 15 is 0 Å². The van der Waals surface area contributed by atoms with E-state index in [2.05, 4.69) is 11.1 Å². The zero-order chi connectivity index (χ0) is 20.4. The Morgan fingerprint density at radius 3 is 2.66 bits per heavy atom. The Morgan fingerprint density at radius 1 is 1.17 bits per heavy atom. The molecular weight excluding hydrogens is 370 g/mol. The van der Waals surface area contributed by atoms with Gasteiger partial charge in [-0.25, -0.2) is 4.79 Å². The Balaban J connectivity index is 1.80. The highest BCUT2D eigenvalue weighted by Crippen LogP contribution is 2.39. The van der Waals surface area contributed by atoms with Crippen molar-refractivity contribution >= 4 is 17.4 Å². The van der Waals surface area contributed by atoms with Gasteiger partial charge in [0.2, 0.25) is 0 Å². The van der Waals surface area contributed by atoms with E-state index in [1.807, 2.05) is 12.1 Å². The van der Waals surface area contributed by atoms with E-state index in [1.165, 1.54) is 5.57 Å². The Labute approximate surface area is 169 Å². The molecule has 1 aromatic heterocycles. The number of aromatic nitrogens is 1. The van der Waals surface area contributed by atoms with Crippen LogP contribution in [0.3, 0.4) is 0 Å². The second-order valence-electron chi connectivity index (χ2n) is 7.27. The van der Waals surface area contributed by atoms with Crippen LogP contribution in [0.25, 0.3) is 5.57 Å². The van der Waals surface area contributed by atoms with Gasteiger partial charge in [-0.1, -0.05) is 17.7 Å². The fourth-order valence-corrected chi connectivity index (χ4v) is 4.17. The summed E-state index contributed by atoms with van der Waals surface area (Å²) in [5.41, 5.74) is 6.34. The van der Waals surface area contributed by atoms with Crippen molar-refractivity contribution < 1.29 is 14.5 Å². The molecule has 1 fully saturated rings. The number of nitrogens with zero attached hydrogens (tertiary/aromatic N) is 3. The van der Waals surface area contributed by atoms with Crippen LogP contribution in [0.4, 0.5) is 10.5 Å². The maximum absolute atomic E-state index is 12.1. The number of piperidine rings is 1. The molecule has 1 aliphatic heterocycles. The zero-order valence-corrected chi connectivity index (χ0v) is 16.4. The zero-order valence-electron chi connectivity index (χ0n) is 16.4. The monoisotopic (exact) mass is 393 g/mol. The van der Waals surface area contributed by atoms with E-state index in [0.29, 0.717) is 32.5 Å². The number of benzene rings is 1. The number of rotatable bonds is 2. The average Bonchev–Trinajstić information content (AvgIpc) is 2.90. The van der Waals surface area contributed by atoms with E-state index < -0.39 is 0 Å². The van der Waals surface area contributed by atoms with Crippen LogP contribution in [0.1, 0.15) is 42.1 Å². The number of likely N-dealkylation sites (tertiary alicyclic amines) is 1. The lowest BCUT2D eigenvalue weighted by molar-refractivity contribution is -0.384. The van der Waals surface area contributed by atoms with Crippen LogP contribution in [-0.4, -0.2) is 40.6 Å². The minimum absolute atomic E-state index is 0.0881. The van der Waals surface area contributed by atoms with Crippen molar-refractivity contribution in [3.63, 3.8) is 0 Å². The molecule has 2 aromatic rings. The summed E-state index contributed by atoms with van der Waals surface area (Å²) in [6.07, 6.45) is 4.55. The number of aryl methyl sites for hydroxylation is 2. The quantitative estimate of drug-likeness (QED) is 0.565. The van der Waals surface area contributed by atoms with E-state index in [4.69, 9.17) is 4.74 Å². The van der Waals surface area contributed by atoms with Gasteiger partial charge in [0.1, 0.15) is 0 Å². The van der Waals surface area contributed by atoms with E-state index in [1.54, 1.807) is 30.2 Å². The van der Waals surface area contributed by atoms with Crippen molar-refractivity contribution in [2.75, 3.05) is 19.7 Å². The third-order valence-corrected chi connectivity index (χ3v) is 5.61. The molecule has 0 unspecified atom stereocenters. The van der Waals surface area contributed by atoms with Crippen molar-refractivity contribution in [1.82, 2.24) is 9.88 Å². The number of carbonyl (C=O) groups excluding carboxylic acids is 1. The first kappa shape index (κ1) is 19.1. The second-order valence-corrected chi connectivity index (χ2v) is 7.27. The molecule has 2 aliphatic rings. The summed E-state index contributed by atoms with van der Waals surface area (Å²) in [4.78, 5) is 29.5. The van der Waals surface area contributed by atoms with Crippen molar-refractivity contribution in [2.24, 2.45) is 0 Å². The van der Waals surface area contributed by atoms with Crippen molar-refractivity contribution in [3.8, 4) is 0 Å². The highest BCUT2D eigenvalue weighted by molar-refractivity contribution is 5.85. The lowest BCUT2D eigenvalue weighted by Crippen LogP contribution is -2.37. The van der Waals surface area contributed by atoms with E-state index in [-0.39, 0.29) is 16.7 Å². The molecule has 150 valence electrons. The Morgan fingerprint density at radius 2 is 1.93 bits per heavy atom. The largest absolute Gasteiger partial charge is 0.450 e. The summed E-state index contributed by atoms with van der Waals surface area (Å²) in [7, 11) is 0. The van der Waals surface area contributed by atoms with Crippen LogP contribution < -0.4 is 0 Å². The SMILES string of the molecule is CCOC(=O)N1CCC(=C2c3cc([N+](=O)[O-])ccc3CCc3cccnc32)CC1. The summed E-state index contributed by atoms with van der Waals surface area (Å²) in [6, 6.07) is 9.14. The molecule has 4 rings (SSSR count). The Hall–Kier alpha value is -3.22. The molecule has 0 atom stereocenters. The highest BCUT2D eigenvalue weighted by atomic mass is 16.6. The number of carbonyl (C=O) groups is 1. The molecule has 0 saturated carbocycles.